The summed E-state index contributed by atoms with van der Waals surface area (Å²) in [6, 6.07) is 18.0. The third kappa shape index (κ3) is 5.05. The van der Waals surface area contributed by atoms with E-state index in [9.17, 15) is 5.26 Å². The van der Waals surface area contributed by atoms with Gasteiger partial charge in [-0.2, -0.15) is 5.26 Å². The van der Waals surface area contributed by atoms with Crippen LogP contribution in [0.4, 0.5) is 11.4 Å². The molecule has 0 bridgehead atoms. The molecule has 1 N–H and O–H groups in total. The predicted octanol–water partition coefficient (Wildman–Crippen LogP) is 6.76. The number of nitriles is 1. The Morgan fingerprint density at radius 1 is 1.09 bits per heavy atom. The van der Waals surface area contributed by atoms with Crippen molar-refractivity contribution in [2.75, 3.05) is 38.2 Å². The first-order chi connectivity index (χ1) is 16.6. The van der Waals surface area contributed by atoms with Crippen molar-refractivity contribution in [2.45, 2.75) is 6.42 Å². The molecule has 0 aliphatic carbocycles. The van der Waals surface area contributed by atoms with E-state index in [-0.39, 0.29) is 0 Å². The molecule has 0 atom stereocenters. The SMILES string of the molecule is N#Cc1cnc2cc(-c3ccc(CCN4CCOCC4)s3)ccc2c1Nc1ccc(Cl)cc1Cl. The summed E-state index contributed by atoms with van der Waals surface area (Å²) < 4.78 is 5.44. The lowest BCUT2D eigenvalue weighted by Gasteiger charge is -2.26. The molecule has 2 aromatic heterocycles. The van der Waals surface area contributed by atoms with Crippen LogP contribution in [0.5, 0.6) is 0 Å². The Balaban J connectivity index is 1.40. The number of halogens is 2. The molecule has 2 aromatic carbocycles. The maximum Gasteiger partial charge on any atom is 0.103 e. The Bertz CT molecular complexity index is 1380. The summed E-state index contributed by atoms with van der Waals surface area (Å²) >= 11 is 14.2. The number of anilines is 2. The lowest BCUT2D eigenvalue weighted by molar-refractivity contribution is 0.0385. The first-order valence-electron chi connectivity index (χ1n) is 11.0. The summed E-state index contributed by atoms with van der Waals surface area (Å²) in [7, 11) is 0. The number of rotatable bonds is 6. The van der Waals surface area contributed by atoms with E-state index in [1.165, 1.54) is 9.75 Å². The molecule has 4 aromatic rings. The molecule has 1 aliphatic heterocycles. The summed E-state index contributed by atoms with van der Waals surface area (Å²) in [5.74, 6) is 0. The molecule has 0 saturated carbocycles. The molecule has 0 unspecified atom stereocenters. The van der Waals surface area contributed by atoms with Crippen molar-refractivity contribution in [2.24, 2.45) is 0 Å². The molecule has 0 radical (unpaired) electrons. The minimum absolute atomic E-state index is 0.452. The Morgan fingerprint density at radius 2 is 1.94 bits per heavy atom. The summed E-state index contributed by atoms with van der Waals surface area (Å²) in [6.07, 6.45) is 2.64. The standard InChI is InChI=1S/C26H22Cl2N4OS/c27-19-2-5-23(22(28)14-19)31-26-18(15-29)16-30-24-13-17(1-4-21(24)26)25-6-3-20(34-25)7-8-32-9-11-33-12-10-32/h1-6,13-14,16H,7-12H2,(H,30,31). The van der Waals surface area contributed by atoms with Crippen molar-refractivity contribution >= 4 is 56.8 Å². The van der Waals surface area contributed by atoms with Crippen LogP contribution in [0.1, 0.15) is 10.4 Å². The molecule has 34 heavy (non-hydrogen) atoms. The molecule has 3 heterocycles. The van der Waals surface area contributed by atoms with Crippen LogP contribution in [-0.4, -0.2) is 42.7 Å². The van der Waals surface area contributed by atoms with Crippen molar-refractivity contribution in [3.05, 3.63) is 75.2 Å². The van der Waals surface area contributed by atoms with Gasteiger partial charge >= 0.3 is 0 Å². The number of nitrogens with zero attached hydrogens (tertiary/aromatic N) is 3. The minimum atomic E-state index is 0.452. The number of morpholine rings is 1. The molecule has 1 aliphatic rings. The zero-order chi connectivity index (χ0) is 23.5. The molecule has 1 fully saturated rings. The van der Waals surface area contributed by atoms with E-state index in [2.05, 4.69) is 45.5 Å². The first-order valence-corrected chi connectivity index (χ1v) is 12.6. The monoisotopic (exact) mass is 508 g/mol. The maximum absolute atomic E-state index is 9.66. The summed E-state index contributed by atoms with van der Waals surface area (Å²) in [5, 5.41) is 14.9. The fraction of sp³-hybridized carbons (Fsp3) is 0.231. The van der Waals surface area contributed by atoms with Crippen molar-refractivity contribution < 1.29 is 4.74 Å². The highest BCUT2D eigenvalue weighted by molar-refractivity contribution is 7.15. The highest BCUT2D eigenvalue weighted by atomic mass is 35.5. The second-order valence-corrected chi connectivity index (χ2v) is 10.1. The highest BCUT2D eigenvalue weighted by Gasteiger charge is 2.14. The summed E-state index contributed by atoms with van der Waals surface area (Å²) in [6.45, 7) is 4.73. The number of hydrogen-bond donors (Lipinski definition) is 1. The van der Waals surface area contributed by atoms with Crippen LogP contribution in [-0.2, 0) is 11.2 Å². The van der Waals surface area contributed by atoms with Gasteiger partial charge in [-0.25, -0.2) is 0 Å². The lowest BCUT2D eigenvalue weighted by atomic mass is 10.1. The average Bonchev–Trinajstić information content (AvgIpc) is 3.34. The van der Waals surface area contributed by atoms with Gasteiger partial charge in [0.15, 0.2) is 0 Å². The quantitative estimate of drug-likeness (QED) is 0.311. The topological polar surface area (TPSA) is 61.2 Å². The van der Waals surface area contributed by atoms with Crippen LogP contribution < -0.4 is 5.32 Å². The number of hydrogen-bond acceptors (Lipinski definition) is 6. The largest absolute Gasteiger partial charge is 0.379 e. The molecule has 5 rings (SSSR count). The van der Waals surface area contributed by atoms with Crippen LogP contribution >= 0.6 is 34.5 Å². The molecular weight excluding hydrogens is 487 g/mol. The zero-order valence-corrected chi connectivity index (χ0v) is 20.7. The Morgan fingerprint density at radius 3 is 2.74 bits per heavy atom. The van der Waals surface area contributed by atoms with E-state index in [0.29, 0.717) is 27.0 Å². The van der Waals surface area contributed by atoms with Gasteiger partial charge in [0.2, 0.25) is 0 Å². The third-order valence-corrected chi connectivity index (χ3v) is 7.65. The van der Waals surface area contributed by atoms with E-state index >= 15 is 0 Å². The van der Waals surface area contributed by atoms with Crippen LogP contribution in [0.3, 0.4) is 0 Å². The second-order valence-electron chi connectivity index (χ2n) is 8.11. The van der Waals surface area contributed by atoms with Gasteiger partial charge in [0.1, 0.15) is 6.07 Å². The predicted molar refractivity (Wildman–Crippen MR) is 140 cm³/mol. The molecule has 1 saturated heterocycles. The number of pyridine rings is 1. The van der Waals surface area contributed by atoms with Crippen LogP contribution in [0, 0.1) is 11.3 Å². The van der Waals surface area contributed by atoms with Gasteiger partial charge in [-0.05, 0) is 48.4 Å². The molecule has 8 heteroatoms. The van der Waals surface area contributed by atoms with Gasteiger partial charge in [0.05, 0.1) is 40.7 Å². The fourth-order valence-electron chi connectivity index (χ4n) is 4.05. The van der Waals surface area contributed by atoms with Crippen molar-refractivity contribution in [3.8, 4) is 16.5 Å². The molecule has 0 amide bonds. The summed E-state index contributed by atoms with van der Waals surface area (Å²) in [5.41, 5.74) is 3.74. The number of thiophene rings is 1. The first kappa shape index (κ1) is 23.1. The molecule has 5 nitrogen and oxygen atoms in total. The number of ether oxygens (including phenoxy) is 1. The van der Waals surface area contributed by atoms with E-state index in [1.54, 1.807) is 24.4 Å². The van der Waals surface area contributed by atoms with Crippen LogP contribution in [0.25, 0.3) is 21.3 Å². The van der Waals surface area contributed by atoms with E-state index in [0.717, 1.165) is 55.7 Å². The second kappa shape index (κ2) is 10.3. The number of benzene rings is 2. The normalized spacial score (nSPS) is 14.3. The lowest BCUT2D eigenvalue weighted by Crippen LogP contribution is -2.37. The van der Waals surface area contributed by atoms with Gasteiger partial charge < -0.3 is 10.1 Å². The minimum Gasteiger partial charge on any atom is -0.379 e. The molecule has 172 valence electrons. The maximum atomic E-state index is 9.66. The molecule has 0 spiro atoms. The fourth-order valence-corrected chi connectivity index (χ4v) is 5.50. The van der Waals surface area contributed by atoms with Gasteiger partial charge in [-0.1, -0.05) is 35.3 Å². The van der Waals surface area contributed by atoms with Crippen molar-refractivity contribution in [1.29, 1.82) is 5.26 Å². The number of fused-ring (bicyclic) bond motifs is 1. The van der Waals surface area contributed by atoms with Crippen molar-refractivity contribution in [1.82, 2.24) is 9.88 Å². The smallest absolute Gasteiger partial charge is 0.103 e. The van der Waals surface area contributed by atoms with Gasteiger partial charge in [-0.3, -0.25) is 9.88 Å². The Hall–Kier alpha value is -2.66. The Kier molecular flexibility index (Phi) is 7.00. The van der Waals surface area contributed by atoms with Gasteiger partial charge in [0, 0.05) is 46.0 Å². The number of aromatic nitrogens is 1. The third-order valence-electron chi connectivity index (χ3n) is 5.90. The van der Waals surface area contributed by atoms with Crippen molar-refractivity contribution in [3.63, 3.8) is 0 Å². The van der Waals surface area contributed by atoms with Crippen LogP contribution in [0.2, 0.25) is 10.0 Å². The van der Waals surface area contributed by atoms with E-state index in [1.807, 2.05) is 17.4 Å². The van der Waals surface area contributed by atoms with E-state index in [4.69, 9.17) is 27.9 Å². The summed E-state index contributed by atoms with van der Waals surface area (Å²) in [4.78, 5) is 9.58. The van der Waals surface area contributed by atoms with Crippen LogP contribution in [0.15, 0.2) is 54.7 Å². The van der Waals surface area contributed by atoms with Gasteiger partial charge in [-0.15, -0.1) is 11.3 Å². The van der Waals surface area contributed by atoms with Gasteiger partial charge in [0.25, 0.3) is 0 Å². The Labute approximate surface area is 212 Å². The number of nitrogens with one attached hydrogen (secondary N) is 1. The molecular formula is C26H22Cl2N4OS. The van der Waals surface area contributed by atoms with E-state index < -0.39 is 0 Å². The average molecular weight is 509 g/mol. The highest BCUT2D eigenvalue weighted by Crippen LogP contribution is 2.36. The zero-order valence-electron chi connectivity index (χ0n) is 18.4.